The van der Waals surface area contributed by atoms with Crippen LogP contribution >= 0.6 is 0 Å². The van der Waals surface area contributed by atoms with E-state index in [-0.39, 0.29) is 5.56 Å². The molecule has 1 fully saturated rings. The summed E-state index contributed by atoms with van der Waals surface area (Å²) >= 11 is 0. The van der Waals surface area contributed by atoms with E-state index in [1.54, 1.807) is 12.3 Å². The average Bonchev–Trinajstić information content (AvgIpc) is 3.33. The number of aryl methyl sites for hydroxylation is 1. The Morgan fingerprint density at radius 1 is 0.971 bits per heavy atom. The Balaban J connectivity index is 1.37. The number of nitrogens with zero attached hydrogens (tertiary/aromatic N) is 3. The summed E-state index contributed by atoms with van der Waals surface area (Å²) in [6.07, 6.45) is 5.05. The summed E-state index contributed by atoms with van der Waals surface area (Å²) < 4.78 is 0. The van der Waals surface area contributed by atoms with Gasteiger partial charge in [0.15, 0.2) is 0 Å². The summed E-state index contributed by atoms with van der Waals surface area (Å²) in [4.78, 5) is 40.6. The highest BCUT2D eigenvalue weighted by atomic mass is 16.2. The minimum atomic E-state index is -0.484. The van der Waals surface area contributed by atoms with Crippen molar-refractivity contribution in [2.45, 2.75) is 6.92 Å². The minimum absolute atomic E-state index is 0.00917. The molecule has 9 nitrogen and oxygen atoms in total. The summed E-state index contributed by atoms with van der Waals surface area (Å²) in [5.41, 5.74) is 4.17. The summed E-state index contributed by atoms with van der Waals surface area (Å²) in [5, 5.41) is 7.00. The molecule has 0 radical (unpaired) electrons. The van der Waals surface area contributed by atoms with E-state index in [1.165, 1.54) is 6.20 Å². The van der Waals surface area contributed by atoms with Crippen molar-refractivity contribution in [3.8, 4) is 0 Å². The standard InChI is InChI=1S/C25H27N7O2/c1-16-23-19(7-9-26-23)21(15-28-16)30-20-8-10-27-24(33)22(20)25(34)29-17-3-5-18(6-4-17)32-13-11-31(2)12-14-32/h3-10,15,26H,11-14H2,1-2H3,(H,29,34)(H2,27,30,33). The van der Waals surface area contributed by atoms with Crippen LogP contribution in [0.5, 0.6) is 0 Å². The van der Waals surface area contributed by atoms with E-state index >= 15 is 0 Å². The fourth-order valence-corrected chi connectivity index (χ4v) is 4.26. The molecule has 174 valence electrons. The monoisotopic (exact) mass is 457 g/mol. The van der Waals surface area contributed by atoms with E-state index in [0.29, 0.717) is 17.1 Å². The topological polar surface area (TPSA) is 109 Å². The minimum Gasteiger partial charge on any atom is -0.369 e. The van der Waals surface area contributed by atoms with Crippen LogP contribution in [0.3, 0.4) is 0 Å². The number of piperazine rings is 1. The number of hydrogen-bond acceptors (Lipinski definition) is 6. The van der Waals surface area contributed by atoms with Crippen molar-refractivity contribution in [3.63, 3.8) is 0 Å². The maximum Gasteiger partial charge on any atom is 0.263 e. The SMILES string of the molecule is Cc1ncc(Nc2cc[nH]c(=O)c2C(=O)Nc2ccc(N3CCN(C)CC3)cc2)c2cc[nH]c12. The second kappa shape index (κ2) is 9.03. The van der Waals surface area contributed by atoms with Gasteiger partial charge in [-0.1, -0.05) is 0 Å². The third kappa shape index (κ3) is 4.25. The summed E-state index contributed by atoms with van der Waals surface area (Å²) in [6.45, 7) is 5.91. The van der Waals surface area contributed by atoms with Crippen molar-refractivity contribution in [2.75, 3.05) is 48.8 Å². The van der Waals surface area contributed by atoms with Crippen LogP contribution in [0.2, 0.25) is 0 Å². The predicted octanol–water partition coefficient (Wildman–Crippen LogP) is 3.31. The van der Waals surface area contributed by atoms with Gasteiger partial charge in [-0.2, -0.15) is 0 Å². The zero-order valence-electron chi connectivity index (χ0n) is 19.2. The van der Waals surface area contributed by atoms with Crippen LogP contribution in [0.4, 0.5) is 22.7 Å². The van der Waals surface area contributed by atoms with Gasteiger partial charge in [0.1, 0.15) is 5.56 Å². The third-order valence-electron chi connectivity index (χ3n) is 6.24. The molecular weight excluding hydrogens is 430 g/mol. The van der Waals surface area contributed by atoms with Gasteiger partial charge in [0.2, 0.25) is 0 Å². The van der Waals surface area contributed by atoms with Crippen LogP contribution in [0.25, 0.3) is 10.9 Å². The van der Waals surface area contributed by atoms with Gasteiger partial charge in [0.05, 0.1) is 28.8 Å². The molecular formula is C25H27N7O2. The maximum atomic E-state index is 13.1. The fraction of sp³-hybridized carbons (Fsp3) is 0.240. The van der Waals surface area contributed by atoms with Gasteiger partial charge in [-0.3, -0.25) is 14.6 Å². The number of amides is 1. The van der Waals surface area contributed by atoms with Gasteiger partial charge in [-0.15, -0.1) is 0 Å². The van der Waals surface area contributed by atoms with E-state index < -0.39 is 11.5 Å². The van der Waals surface area contributed by atoms with Gasteiger partial charge in [-0.05, 0) is 50.4 Å². The number of aromatic nitrogens is 3. The largest absolute Gasteiger partial charge is 0.369 e. The molecule has 0 aliphatic carbocycles. The van der Waals surface area contributed by atoms with Crippen molar-refractivity contribution in [2.24, 2.45) is 0 Å². The van der Waals surface area contributed by atoms with Crippen LogP contribution in [-0.2, 0) is 0 Å². The maximum absolute atomic E-state index is 13.1. The highest BCUT2D eigenvalue weighted by Gasteiger charge is 2.19. The number of likely N-dealkylation sites (N-methyl/N-ethyl adjacent to an activating group) is 1. The first kappa shape index (κ1) is 21.7. The Labute approximate surface area is 196 Å². The van der Waals surface area contributed by atoms with E-state index in [9.17, 15) is 9.59 Å². The molecule has 1 aliphatic rings. The molecule has 5 rings (SSSR count). The molecule has 4 N–H and O–H groups in total. The number of aromatic amines is 2. The van der Waals surface area contributed by atoms with E-state index in [4.69, 9.17) is 0 Å². The molecule has 0 bridgehead atoms. The molecule has 1 aliphatic heterocycles. The number of hydrogen-bond donors (Lipinski definition) is 4. The smallest absolute Gasteiger partial charge is 0.263 e. The molecule has 4 aromatic rings. The van der Waals surface area contributed by atoms with Gasteiger partial charge in [-0.25, -0.2) is 0 Å². The predicted molar refractivity (Wildman–Crippen MR) is 135 cm³/mol. The van der Waals surface area contributed by atoms with Gasteiger partial charge >= 0.3 is 0 Å². The lowest BCUT2D eigenvalue weighted by Crippen LogP contribution is -2.44. The molecule has 0 saturated carbocycles. The lowest BCUT2D eigenvalue weighted by Gasteiger charge is -2.34. The Hall–Kier alpha value is -4.11. The molecule has 0 unspecified atom stereocenters. The second-order valence-corrected chi connectivity index (χ2v) is 8.54. The summed E-state index contributed by atoms with van der Waals surface area (Å²) in [7, 11) is 2.13. The number of rotatable bonds is 5. The molecule has 4 heterocycles. The van der Waals surface area contributed by atoms with Crippen LogP contribution in [0, 0.1) is 6.92 Å². The number of carbonyl (C=O) groups is 1. The van der Waals surface area contributed by atoms with Gasteiger partial charge < -0.3 is 30.4 Å². The number of fused-ring (bicyclic) bond motifs is 1. The summed E-state index contributed by atoms with van der Waals surface area (Å²) in [5.74, 6) is -0.484. The van der Waals surface area contributed by atoms with Crippen molar-refractivity contribution in [3.05, 3.63) is 76.6 Å². The Morgan fingerprint density at radius 2 is 1.71 bits per heavy atom. The van der Waals surface area contributed by atoms with E-state index in [2.05, 4.69) is 42.4 Å². The van der Waals surface area contributed by atoms with Crippen LogP contribution in [0.15, 0.2) is 59.8 Å². The highest BCUT2D eigenvalue weighted by molar-refractivity contribution is 6.08. The first-order valence-corrected chi connectivity index (χ1v) is 11.3. The first-order valence-electron chi connectivity index (χ1n) is 11.3. The quantitative estimate of drug-likeness (QED) is 0.366. The number of nitrogens with one attached hydrogen (secondary N) is 4. The zero-order valence-corrected chi connectivity index (χ0v) is 19.2. The lowest BCUT2D eigenvalue weighted by atomic mass is 10.1. The molecule has 3 aromatic heterocycles. The second-order valence-electron chi connectivity index (χ2n) is 8.54. The van der Waals surface area contributed by atoms with Gasteiger partial charge in [0.25, 0.3) is 11.5 Å². The third-order valence-corrected chi connectivity index (χ3v) is 6.24. The number of H-pyrrole nitrogens is 2. The molecule has 9 heteroatoms. The average molecular weight is 458 g/mol. The molecule has 0 spiro atoms. The van der Waals surface area contributed by atoms with Crippen LogP contribution in [0.1, 0.15) is 16.1 Å². The van der Waals surface area contributed by atoms with E-state index in [1.807, 2.05) is 43.5 Å². The highest BCUT2D eigenvalue weighted by Crippen LogP contribution is 2.28. The number of carbonyl (C=O) groups excluding carboxylic acids is 1. The molecule has 0 atom stereocenters. The van der Waals surface area contributed by atoms with Crippen molar-refractivity contribution < 1.29 is 4.79 Å². The Morgan fingerprint density at radius 3 is 2.47 bits per heavy atom. The number of pyridine rings is 2. The van der Waals surface area contributed by atoms with Crippen LogP contribution in [-0.4, -0.2) is 59.0 Å². The molecule has 1 saturated heterocycles. The van der Waals surface area contributed by atoms with Crippen molar-refractivity contribution in [1.82, 2.24) is 19.9 Å². The lowest BCUT2D eigenvalue weighted by molar-refractivity contribution is 0.102. The first-order chi connectivity index (χ1) is 16.5. The number of anilines is 4. The van der Waals surface area contributed by atoms with Crippen LogP contribution < -0.4 is 21.1 Å². The zero-order chi connectivity index (χ0) is 23.7. The van der Waals surface area contributed by atoms with Crippen molar-refractivity contribution in [1.29, 1.82) is 0 Å². The Kier molecular flexibility index (Phi) is 5.77. The molecule has 1 amide bonds. The number of benzene rings is 1. The van der Waals surface area contributed by atoms with Gasteiger partial charge in [0, 0.05) is 55.3 Å². The molecule has 34 heavy (non-hydrogen) atoms. The fourth-order valence-electron chi connectivity index (χ4n) is 4.26. The molecule has 1 aromatic carbocycles. The van der Waals surface area contributed by atoms with E-state index in [0.717, 1.165) is 48.5 Å². The van der Waals surface area contributed by atoms with Crippen molar-refractivity contribution >= 4 is 39.6 Å². The Bertz CT molecular complexity index is 1380. The normalized spacial score (nSPS) is 14.4. The summed E-state index contributed by atoms with van der Waals surface area (Å²) in [6, 6.07) is 11.3.